The normalized spacial score (nSPS) is 17.0. The van der Waals surface area contributed by atoms with Gasteiger partial charge in [0, 0.05) is 25.3 Å². The van der Waals surface area contributed by atoms with Gasteiger partial charge in [0.15, 0.2) is 0 Å². The molecule has 6 nitrogen and oxygen atoms in total. The SMILES string of the molecule is [B]CC(O)CCN1CCC(CNC(=O)c2cc(Cl)c(N)cc2OC)CC1. The number of carbonyl (C=O) groups is 1. The van der Waals surface area contributed by atoms with Gasteiger partial charge >= 0.3 is 0 Å². The van der Waals surface area contributed by atoms with Crippen LogP contribution in [0.3, 0.4) is 0 Å². The summed E-state index contributed by atoms with van der Waals surface area (Å²) in [5, 5.41) is 12.9. The number of nitrogens with two attached hydrogens (primary N) is 1. The number of hydrogen-bond acceptors (Lipinski definition) is 5. The average Bonchev–Trinajstić information content (AvgIpc) is 2.66. The average molecular weight is 380 g/mol. The molecule has 1 atom stereocenters. The summed E-state index contributed by atoms with van der Waals surface area (Å²) in [6, 6.07) is 3.10. The Morgan fingerprint density at radius 1 is 1.50 bits per heavy atom. The monoisotopic (exact) mass is 379 g/mol. The molecular formula is C18H27BClN3O3. The molecule has 1 amide bonds. The zero-order valence-corrected chi connectivity index (χ0v) is 16.0. The third-order valence-electron chi connectivity index (χ3n) is 4.87. The van der Waals surface area contributed by atoms with Crippen LogP contribution in [0.4, 0.5) is 5.69 Å². The molecule has 142 valence electrons. The Balaban J connectivity index is 1.80. The molecule has 0 spiro atoms. The van der Waals surface area contributed by atoms with E-state index in [-0.39, 0.29) is 5.91 Å². The van der Waals surface area contributed by atoms with Crippen LogP contribution in [-0.2, 0) is 0 Å². The maximum Gasteiger partial charge on any atom is 0.255 e. The second-order valence-corrected chi connectivity index (χ2v) is 7.15. The summed E-state index contributed by atoms with van der Waals surface area (Å²) in [5.74, 6) is 0.639. The largest absolute Gasteiger partial charge is 0.496 e. The van der Waals surface area contributed by atoms with Crippen molar-refractivity contribution in [3.63, 3.8) is 0 Å². The molecule has 1 fully saturated rings. The fourth-order valence-corrected chi connectivity index (χ4v) is 3.27. The summed E-state index contributed by atoms with van der Waals surface area (Å²) >= 11 is 6.02. The lowest BCUT2D eigenvalue weighted by Crippen LogP contribution is -2.39. The topological polar surface area (TPSA) is 87.8 Å². The number of methoxy groups -OCH3 is 1. The Hall–Kier alpha value is -1.44. The standard InChI is InChI=1S/C18H27BClN3O3/c1-26-17-9-16(21)15(20)8-14(17)18(25)22-11-12-2-5-23(6-3-12)7-4-13(24)10-19/h8-9,12-13,24H,2-7,10-11,21H2,1H3,(H,22,25). The minimum Gasteiger partial charge on any atom is -0.496 e. The van der Waals surface area contributed by atoms with Crippen molar-refractivity contribution in [2.24, 2.45) is 5.92 Å². The van der Waals surface area contributed by atoms with Gasteiger partial charge < -0.3 is 25.8 Å². The summed E-state index contributed by atoms with van der Waals surface area (Å²) in [6.07, 6.45) is 2.61. The van der Waals surface area contributed by atoms with Crippen molar-refractivity contribution in [3.8, 4) is 5.75 Å². The lowest BCUT2D eigenvalue weighted by atomic mass is 9.95. The van der Waals surface area contributed by atoms with E-state index in [0.717, 1.165) is 32.5 Å². The van der Waals surface area contributed by atoms with Gasteiger partial charge in [0.1, 0.15) is 5.75 Å². The second kappa shape index (κ2) is 10.0. The Kier molecular flexibility index (Phi) is 8.06. The van der Waals surface area contributed by atoms with Crippen molar-refractivity contribution in [1.82, 2.24) is 10.2 Å². The third-order valence-corrected chi connectivity index (χ3v) is 5.20. The van der Waals surface area contributed by atoms with Crippen LogP contribution < -0.4 is 15.8 Å². The quantitative estimate of drug-likeness (QED) is 0.473. The van der Waals surface area contributed by atoms with Crippen LogP contribution in [-0.4, -0.2) is 63.2 Å². The van der Waals surface area contributed by atoms with Crippen molar-refractivity contribution in [2.45, 2.75) is 31.7 Å². The number of nitrogen functional groups attached to an aromatic ring is 1. The molecule has 1 aliphatic heterocycles. The molecule has 1 heterocycles. The molecule has 26 heavy (non-hydrogen) atoms. The first-order valence-electron chi connectivity index (χ1n) is 8.96. The molecule has 0 bridgehead atoms. The third kappa shape index (κ3) is 5.79. The number of benzene rings is 1. The van der Waals surface area contributed by atoms with Crippen LogP contribution in [0.25, 0.3) is 0 Å². The molecule has 0 aromatic heterocycles. The number of halogens is 1. The van der Waals surface area contributed by atoms with Gasteiger partial charge in [-0.05, 0) is 44.3 Å². The number of aliphatic hydroxyl groups is 1. The van der Waals surface area contributed by atoms with Crippen molar-refractivity contribution >= 4 is 31.0 Å². The van der Waals surface area contributed by atoms with Crippen molar-refractivity contribution in [2.75, 3.05) is 39.0 Å². The number of nitrogens with one attached hydrogen (secondary N) is 1. The lowest BCUT2D eigenvalue weighted by molar-refractivity contribution is 0.0927. The van der Waals surface area contributed by atoms with E-state index < -0.39 is 6.10 Å². The first-order valence-corrected chi connectivity index (χ1v) is 9.34. The molecule has 1 saturated heterocycles. The maximum atomic E-state index is 12.5. The van der Waals surface area contributed by atoms with Crippen LogP contribution in [0, 0.1) is 5.92 Å². The summed E-state index contributed by atoms with van der Waals surface area (Å²) in [5.41, 5.74) is 6.52. The fraction of sp³-hybridized carbons (Fsp3) is 0.611. The first-order chi connectivity index (χ1) is 12.4. The second-order valence-electron chi connectivity index (χ2n) is 6.75. The molecule has 2 rings (SSSR count). The van der Waals surface area contributed by atoms with Crippen molar-refractivity contribution in [3.05, 3.63) is 22.7 Å². The van der Waals surface area contributed by atoms with E-state index in [0.29, 0.717) is 47.2 Å². The van der Waals surface area contributed by atoms with Gasteiger partial charge in [-0.1, -0.05) is 17.9 Å². The number of nitrogens with zero attached hydrogens (tertiary/aromatic N) is 1. The predicted molar refractivity (Wildman–Crippen MR) is 105 cm³/mol. The Bertz CT molecular complexity index is 610. The molecule has 1 aliphatic rings. The van der Waals surface area contributed by atoms with Gasteiger partial charge in [0.25, 0.3) is 5.91 Å². The smallest absolute Gasteiger partial charge is 0.255 e. The minimum absolute atomic E-state index is 0.211. The van der Waals surface area contributed by atoms with Crippen molar-refractivity contribution in [1.29, 1.82) is 0 Å². The van der Waals surface area contributed by atoms with Crippen LogP contribution in [0.1, 0.15) is 29.6 Å². The van der Waals surface area contributed by atoms with E-state index in [1.807, 2.05) is 0 Å². The van der Waals surface area contributed by atoms with E-state index >= 15 is 0 Å². The van der Waals surface area contributed by atoms with E-state index in [9.17, 15) is 9.90 Å². The molecule has 0 aliphatic carbocycles. The molecule has 1 aromatic carbocycles. The first kappa shape index (κ1) is 20.9. The molecular weight excluding hydrogens is 352 g/mol. The number of piperidine rings is 1. The molecule has 2 radical (unpaired) electrons. The van der Waals surface area contributed by atoms with Gasteiger partial charge in [0.05, 0.1) is 31.2 Å². The zero-order valence-electron chi connectivity index (χ0n) is 15.2. The van der Waals surface area contributed by atoms with Gasteiger partial charge in [-0.3, -0.25) is 4.79 Å². The Morgan fingerprint density at radius 2 is 2.19 bits per heavy atom. The van der Waals surface area contributed by atoms with E-state index in [1.54, 1.807) is 6.07 Å². The number of hydrogen-bond donors (Lipinski definition) is 3. The highest BCUT2D eigenvalue weighted by Gasteiger charge is 2.21. The highest BCUT2D eigenvalue weighted by molar-refractivity contribution is 6.33. The van der Waals surface area contributed by atoms with E-state index in [1.165, 1.54) is 13.2 Å². The molecule has 1 unspecified atom stereocenters. The summed E-state index contributed by atoms with van der Waals surface area (Å²) < 4.78 is 5.23. The molecule has 1 aromatic rings. The summed E-state index contributed by atoms with van der Waals surface area (Å²) in [4.78, 5) is 14.8. The highest BCUT2D eigenvalue weighted by Crippen LogP contribution is 2.29. The minimum atomic E-state index is -0.422. The fourth-order valence-electron chi connectivity index (χ4n) is 3.11. The molecule has 4 N–H and O–H groups in total. The highest BCUT2D eigenvalue weighted by atomic mass is 35.5. The van der Waals surface area contributed by atoms with Gasteiger partial charge in [-0.2, -0.15) is 0 Å². The van der Waals surface area contributed by atoms with Gasteiger partial charge in [-0.15, -0.1) is 0 Å². The number of ether oxygens (including phenoxy) is 1. The number of carbonyl (C=O) groups excluding carboxylic acids is 1. The Morgan fingerprint density at radius 3 is 2.81 bits per heavy atom. The van der Waals surface area contributed by atoms with Gasteiger partial charge in [0.2, 0.25) is 0 Å². The molecule has 0 saturated carbocycles. The zero-order chi connectivity index (χ0) is 19.1. The number of anilines is 1. The number of rotatable bonds is 8. The van der Waals surface area contributed by atoms with Crippen LogP contribution >= 0.6 is 11.6 Å². The van der Waals surface area contributed by atoms with Crippen molar-refractivity contribution < 1.29 is 14.6 Å². The van der Waals surface area contributed by atoms with Crippen LogP contribution in [0.2, 0.25) is 11.3 Å². The lowest BCUT2D eigenvalue weighted by Gasteiger charge is -2.32. The summed E-state index contributed by atoms with van der Waals surface area (Å²) in [6.45, 7) is 3.41. The van der Waals surface area contributed by atoms with E-state index in [2.05, 4.69) is 10.2 Å². The Labute approximate surface area is 161 Å². The molecule has 8 heteroatoms. The van der Waals surface area contributed by atoms with E-state index in [4.69, 9.17) is 29.9 Å². The predicted octanol–water partition coefficient (Wildman–Crippen LogP) is 1.71. The number of likely N-dealkylation sites (tertiary alicyclic amines) is 1. The van der Waals surface area contributed by atoms with Crippen LogP contribution in [0.15, 0.2) is 12.1 Å². The van der Waals surface area contributed by atoms with Gasteiger partial charge in [-0.25, -0.2) is 0 Å². The summed E-state index contributed by atoms with van der Waals surface area (Å²) in [7, 11) is 6.93. The maximum absolute atomic E-state index is 12.5. The number of aliphatic hydroxyl groups excluding tert-OH is 1. The number of amides is 1. The van der Waals surface area contributed by atoms with Crippen LogP contribution in [0.5, 0.6) is 5.75 Å².